The summed E-state index contributed by atoms with van der Waals surface area (Å²) in [4.78, 5) is 11.6. The quantitative estimate of drug-likeness (QED) is 0.786. The summed E-state index contributed by atoms with van der Waals surface area (Å²) in [6, 6.07) is 8.39. The fourth-order valence-electron chi connectivity index (χ4n) is 1.74. The minimum absolute atomic E-state index is 0.0965. The lowest BCUT2D eigenvalue weighted by Crippen LogP contribution is -2.41. The van der Waals surface area contributed by atoms with E-state index in [1.54, 1.807) is 0 Å². The molecule has 0 atom stereocenters. The molecule has 1 amide bonds. The molecule has 0 fully saturated rings. The molecule has 0 aromatic heterocycles. The number of hydrogen-bond acceptors (Lipinski definition) is 2. The van der Waals surface area contributed by atoms with Crippen LogP contribution < -0.4 is 10.6 Å². The van der Waals surface area contributed by atoms with Crippen LogP contribution in [0.15, 0.2) is 24.3 Å². The van der Waals surface area contributed by atoms with E-state index in [0.29, 0.717) is 13.0 Å². The molecule has 1 aromatic rings. The van der Waals surface area contributed by atoms with E-state index in [0.717, 1.165) is 6.54 Å². The molecule has 1 aromatic carbocycles. The van der Waals surface area contributed by atoms with Crippen LogP contribution in [0.3, 0.4) is 0 Å². The molecule has 0 aliphatic carbocycles. The van der Waals surface area contributed by atoms with Crippen LogP contribution >= 0.6 is 0 Å². The molecule has 18 heavy (non-hydrogen) atoms. The lowest BCUT2D eigenvalue weighted by atomic mass is 10.1. The lowest BCUT2D eigenvalue weighted by Gasteiger charge is -2.20. The summed E-state index contributed by atoms with van der Waals surface area (Å²) >= 11 is 0. The minimum atomic E-state index is -0.145. The fraction of sp³-hybridized carbons (Fsp3) is 0.533. The van der Waals surface area contributed by atoms with E-state index >= 15 is 0 Å². The summed E-state index contributed by atoms with van der Waals surface area (Å²) in [6.45, 7) is 9.57. The summed E-state index contributed by atoms with van der Waals surface area (Å²) in [5.41, 5.74) is 2.37. The Morgan fingerprint density at radius 3 is 2.61 bits per heavy atom. The Labute approximate surface area is 110 Å². The van der Waals surface area contributed by atoms with Crippen LogP contribution in [-0.4, -0.2) is 18.0 Å². The summed E-state index contributed by atoms with van der Waals surface area (Å²) in [5.74, 6) is 0.0965. The van der Waals surface area contributed by atoms with Gasteiger partial charge in [-0.3, -0.25) is 4.79 Å². The Morgan fingerprint density at radius 1 is 1.28 bits per heavy atom. The topological polar surface area (TPSA) is 41.1 Å². The molecule has 0 radical (unpaired) electrons. The Bertz CT molecular complexity index is 394. The number of rotatable bonds is 5. The van der Waals surface area contributed by atoms with Crippen molar-refractivity contribution in [1.82, 2.24) is 10.6 Å². The average Bonchev–Trinajstić information content (AvgIpc) is 2.22. The van der Waals surface area contributed by atoms with Gasteiger partial charge in [-0.25, -0.2) is 0 Å². The number of benzene rings is 1. The molecule has 0 spiro atoms. The molecule has 0 saturated carbocycles. The van der Waals surface area contributed by atoms with E-state index in [1.807, 2.05) is 20.8 Å². The van der Waals surface area contributed by atoms with Crippen molar-refractivity contribution < 1.29 is 4.79 Å². The van der Waals surface area contributed by atoms with Gasteiger partial charge < -0.3 is 10.6 Å². The number of hydrogen-bond donors (Lipinski definition) is 2. The molecule has 3 nitrogen and oxygen atoms in total. The highest BCUT2D eigenvalue weighted by atomic mass is 16.1. The summed E-state index contributed by atoms with van der Waals surface area (Å²) < 4.78 is 0. The van der Waals surface area contributed by atoms with Gasteiger partial charge in [-0.2, -0.15) is 0 Å². The second-order valence-corrected chi connectivity index (χ2v) is 5.71. The van der Waals surface area contributed by atoms with Crippen molar-refractivity contribution in [2.24, 2.45) is 0 Å². The molecule has 0 aliphatic heterocycles. The van der Waals surface area contributed by atoms with Gasteiger partial charge in [0.05, 0.1) is 0 Å². The van der Waals surface area contributed by atoms with E-state index < -0.39 is 0 Å². The summed E-state index contributed by atoms with van der Waals surface area (Å²) in [6.07, 6.45) is 0.517. The molecule has 100 valence electrons. The number of carbonyl (C=O) groups excluding carboxylic acids is 1. The van der Waals surface area contributed by atoms with E-state index in [-0.39, 0.29) is 11.4 Å². The minimum Gasteiger partial charge on any atom is -0.351 e. The molecular weight excluding hydrogens is 224 g/mol. The van der Waals surface area contributed by atoms with Crippen LogP contribution in [0.4, 0.5) is 0 Å². The smallest absolute Gasteiger partial charge is 0.221 e. The van der Waals surface area contributed by atoms with Crippen molar-refractivity contribution in [3.05, 3.63) is 35.4 Å². The van der Waals surface area contributed by atoms with Crippen molar-refractivity contribution in [1.29, 1.82) is 0 Å². The second-order valence-electron chi connectivity index (χ2n) is 5.71. The molecule has 0 heterocycles. The normalized spacial score (nSPS) is 11.3. The van der Waals surface area contributed by atoms with Crippen molar-refractivity contribution in [2.75, 3.05) is 6.54 Å². The van der Waals surface area contributed by atoms with Crippen molar-refractivity contribution in [3.63, 3.8) is 0 Å². The SMILES string of the molecule is Cc1cccc(CNCCC(=O)NC(C)(C)C)c1. The Hall–Kier alpha value is -1.35. The highest BCUT2D eigenvalue weighted by Crippen LogP contribution is 2.03. The standard InChI is InChI=1S/C15H24N2O/c1-12-6-5-7-13(10-12)11-16-9-8-14(18)17-15(2,3)4/h5-7,10,16H,8-9,11H2,1-4H3,(H,17,18). The zero-order valence-corrected chi connectivity index (χ0v) is 11.8. The predicted octanol–water partition coefficient (Wildman–Crippen LogP) is 2.39. The van der Waals surface area contributed by atoms with Gasteiger partial charge in [-0.05, 0) is 33.3 Å². The predicted molar refractivity (Wildman–Crippen MR) is 75.4 cm³/mol. The third-order valence-electron chi connectivity index (χ3n) is 2.45. The van der Waals surface area contributed by atoms with Gasteiger partial charge in [0.15, 0.2) is 0 Å². The molecule has 0 aliphatic rings. The van der Waals surface area contributed by atoms with Crippen LogP contribution in [-0.2, 0) is 11.3 Å². The van der Waals surface area contributed by atoms with Gasteiger partial charge in [-0.1, -0.05) is 29.8 Å². The number of carbonyl (C=O) groups is 1. The molecule has 0 saturated heterocycles. The van der Waals surface area contributed by atoms with Crippen LogP contribution in [0.1, 0.15) is 38.3 Å². The van der Waals surface area contributed by atoms with Crippen LogP contribution in [0.2, 0.25) is 0 Å². The van der Waals surface area contributed by atoms with Gasteiger partial charge in [-0.15, -0.1) is 0 Å². The number of nitrogens with one attached hydrogen (secondary N) is 2. The second kappa shape index (κ2) is 6.55. The summed E-state index contributed by atoms with van der Waals surface area (Å²) in [5, 5.41) is 6.23. The average molecular weight is 248 g/mol. The Kier molecular flexibility index (Phi) is 5.35. The number of aryl methyl sites for hydroxylation is 1. The lowest BCUT2D eigenvalue weighted by molar-refractivity contribution is -0.122. The number of amides is 1. The first kappa shape index (κ1) is 14.7. The van der Waals surface area contributed by atoms with E-state index in [1.165, 1.54) is 11.1 Å². The Morgan fingerprint density at radius 2 is 2.00 bits per heavy atom. The largest absolute Gasteiger partial charge is 0.351 e. The molecular formula is C15H24N2O. The molecule has 1 rings (SSSR count). The van der Waals surface area contributed by atoms with Crippen LogP contribution in [0.5, 0.6) is 0 Å². The summed E-state index contributed by atoms with van der Waals surface area (Å²) in [7, 11) is 0. The molecule has 3 heteroatoms. The van der Waals surface area contributed by atoms with Gasteiger partial charge in [0.2, 0.25) is 5.91 Å². The Balaban J connectivity index is 2.21. The van der Waals surface area contributed by atoms with Gasteiger partial charge in [0.1, 0.15) is 0 Å². The third-order valence-corrected chi connectivity index (χ3v) is 2.45. The molecule has 0 bridgehead atoms. The first-order valence-electron chi connectivity index (χ1n) is 6.44. The van der Waals surface area contributed by atoms with Crippen molar-refractivity contribution >= 4 is 5.91 Å². The monoisotopic (exact) mass is 248 g/mol. The molecule has 0 unspecified atom stereocenters. The van der Waals surface area contributed by atoms with Crippen LogP contribution in [0, 0.1) is 6.92 Å². The van der Waals surface area contributed by atoms with E-state index in [9.17, 15) is 4.79 Å². The maximum absolute atomic E-state index is 11.6. The van der Waals surface area contributed by atoms with E-state index in [2.05, 4.69) is 41.8 Å². The highest BCUT2D eigenvalue weighted by molar-refractivity contribution is 5.76. The maximum atomic E-state index is 11.6. The van der Waals surface area contributed by atoms with Gasteiger partial charge in [0.25, 0.3) is 0 Å². The van der Waals surface area contributed by atoms with Crippen LogP contribution in [0.25, 0.3) is 0 Å². The van der Waals surface area contributed by atoms with Crippen molar-refractivity contribution in [2.45, 2.75) is 46.2 Å². The van der Waals surface area contributed by atoms with Gasteiger partial charge >= 0.3 is 0 Å². The fourth-order valence-corrected chi connectivity index (χ4v) is 1.74. The zero-order chi connectivity index (χ0) is 13.6. The highest BCUT2D eigenvalue weighted by Gasteiger charge is 2.12. The molecule has 2 N–H and O–H groups in total. The van der Waals surface area contributed by atoms with Crippen molar-refractivity contribution in [3.8, 4) is 0 Å². The van der Waals surface area contributed by atoms with E-state index in [4.69, 9.17) is 0 Å². The maximum Gasteiger partial charge on any atom is 0.221 e. The first-order chi connectivity index (χ1) is 8.37. The third kappa shape index (κ3) is 6.40. The zero-order valence-electron chi connectivity index (χ0n) is 11.8. The van der Waals surface area contributed by atoms with Gasteiger partial charge in [0, 0.05) is 25.0 Å². The first-order valence-corrected chi connectivity index (χ1v) is 6.44.